The van der Waals surface area contributed by atoms with Gasteiger partial charge in [0.2, 0.25) is 0 Å². The number of nitrogens with zero attached hydrogens (tertiary/aromatic N) is 2. The third-order valence-corrected chi connectivity index (χ3v) is 14.2. The van der Waals surface area contributed by atoms with Crippen molar-refractivity contribution in [1.82, 2.24) is 4.57 Å². The van der Waals surface area contributed by atoms with E-state index in [9.17, 15) is 0 Å². The van der Waals surface area contributed by atoms with E-state index in [1.54, 1.807) is 0 Å². The van der Waals surface area contributed by atoms with Gasteiger partial charge in [-0.25, -0.2) is 0 Å². The van der Waals surface area contributed by atoms with Crippen LogP contribution in [0.25, 0.3) is 66.4 Å². The van der Waals surface area contributed by atoms with Crippen molar-refractivity contribution in [2.45, 2.75) is 31.2 Å². The van der Waals surface area contributed by atoms with Crippen molar-refractivity contribution in [1.29, 1.82) is 0 Å². The normalized spacial score (nSPS) is 16.0. The first-order chi connectivity index (χ1) is 32.0. The number of aromatic nitrogens is 1. The highest BCUT2D eigenvalue weighted by Crippen LogP contribution is 2.56. The minimum atomic E-state index is -0.647. The van der Waals surface area contributed by atoms with Crippen LogP contribution in [0.4, 0.5) is 11.4 Å². The molecule has 12 rings (SSSR count). The number of rotatable bonds is 8. The molecule has 1 atom stereocenters. The van der Waals surface area contributed by atoms with Gasteiger partial charge < -0.3 is 9.47 Å². The van der Waals surface area contributed by atoms with E-state index in [2.05, 4.69) is 266 Å². The predicted octanol–water partition coefficient (Wildman–Crippen LogP) is 16.5. The van der Waals surface area contributed by atoms with Crippen molar-refractivity contribution in [3.8, 4) is 39.1 Å². The van der Waals surface area contributed by atoms with E-state index in [1.165, 1.54) is 88.7 Å². The summed E-state index contributed by atoms with van der Waals surface area (Å²) in [6.07, 6.45) is 7.74. The van der Waals surface area contributed by atoms with E-state index in [-0.39, 0.29) is 5.41 Å². The van der Waals surface area contributed by atoms with Crippen molar-refractivity contribution >= 4 is 38.8 Å². The molecule has 1 aromatic heterocycles. The number of para-hydroxylation sites is 2. The molecule has 0 fully saturated rings. The molecule has 2 nitrogen and oxygen atoms in total. The van der Waals surface area contributed by atoms with Crippen molar-refractivity contribution in [3.63, 3.8) is 0 Å². The van der Waals surface area contributed by atoms with Crippen molar-refractivity contribution < 1.29 is 0 Å². The van der Waals surface area contributed by atoms with Crippen LogP contribution >= 0.6 is 0 Å². The van der Waals surface area contributed by atoms with Crippen molar-refractivity contribution in [2.24, 2.45) is 0 Å². The molecular weight excluding hydrogens is 785 g/mol. The van der Waals surface area contributed by atoms with Gasteiger partial charge >= 0.3 is 0 Å². The number of anilines is 2. The van der Waals surface area contributed by atoms with Gasteiger partial charge in [-0.2, -0.15) is 0 Å². The van der Waals surface area contributed by atoms with Gasteiger partial charge in [-0.05, 0) is 122 Å². The summed E-state index contributed by atoms with van der Waals surface area (Å²) in [5, 5.41) is 2.50. The first-order valence-electron chi connectivity index (χ1n) is 22.8. The standard InChI is InChI=1S/C63H48N2/c1-62(2)57-30-15-13-27-52(57)53-39-38-50(43-59(53)62)65(63(41-19-18-29-56(63)46-22-8-4-9-23-46)58-31-16-12-26-51(58)45-20-6-3-7-21-45)49-36-33-44(34-37-49)47-35-40-61-55(42-47)54-28-14-17-32-60(54)64(61)48-24-10-5-11-25-48/h3-40,42-43H,41H2,1-2H3. The maximum absolute atomic E-state index is 2.66. The summed E-state index contributed by atoms with van der Waals surface area (Å²) in [5.41, 5.74) is 19.0. The van der Waals surface area contributed by atoms with Gasteiger partial charge in [-0.3, -0.25) is 0 Å². The monoisotopic (exact) mass is 832 g/mol. The van der Waals surface area contributed by atoms with Crippen molar-refractivity contribution in [2.75, 3.05) is 4.90 Å². The zero-order valence-electron chi connectivity index (χ0n) is 36.7. The van der Waals surface area contributed by atoms with E-state index in [0.717, 1.165) is 17.8 Å². The average Bonchev–Trinajstić information content (AvgIpc) is 3.82. The Labute approximate surface area is 381 Å². The summed E-state index contributed by atoms with van der Waals surface area (Å²) in [5.74, 6) is 0. The first-order valence-corrected chi connectivity index (χ1v) is 22.8. The van der Waals surface area contributed by atoms with E-state index >= 15 is 0 Å². The fourth-order valence-corrected chi connectivity index (χ4v) is 11.1. The van der Waals surface area contributed by atoms with Gasteiger partial charge in [0.25, 0.3) is 0 Å². The fourth-order valence-electron chi connectivity index (χ4n) is 11.1. The average molecular weight is 833 g/mol. The Hall–Kier alpha value is -7.94. The van der Waals surface area contributed by atoms with Crippen LogP contribution in [0.1, 0.15) is 42.5 Å². The largest absolute Gasteiger partial charge is 0.327 e. The highest BCUT2D eigenvalue weighted by Gasteiger charge is 2.46. The molecule has 0 radical (unpaired) electrons. The highest BCUT2D eigenvalue weighted by molar-refractivity contribution is 6.10. The molecule has 10 aromatic rings. The van der Waals surface area contributed by atoms with Gasteiger partial charge in [-0.1, -0.05) is 202 Å². The lowest BCUT2D eigenvalue weighted by Gasteiger charge is -2.49. The maximum Gasteiger partial charge on any atom is 0.100 e. The molecule has 2 aliphatic rings. The third-order valence-electron chi connectivity index (χ3n) is 14.2. The number of allylic oxidation sites excluding steroid dienone is 2. The quantitative estimate of drug-likeness (QED) is 0.148. The van der Waals surface area contributed by atoms with Crippen LogP contribution in [0.5, 0.6) is 0 Å². The Bertz CT molecular complexity index is 3460. The summed E-state index contributed by atoms with van der Waals surface area (Å²) in [4.78, 5) is 2.66. The van der Waals surface area contributed by atoms with Gasteiger partial charge in [0, 0.05) is 33.2 Å². The molecule has 0 amide bonds. The fraction of sp³-hybridized carbons (Fsp3) is 0.0794. The predicted molar refractivity (Wildman–Crippen MR) is 274 cm³/mol. The smallest absolute Gasteiger partial charge is 0.100 e. The second-order valence-electron chi connectivity index (χ2n) is 18.1. The van der Waals surface area contributed by atoms with E-state index in [0.29, 0.717) is 0 Å². The Balaban J connectivity index is 1.08. The molecular formula is C63H48N2. The highest BCUT2D eigenvalue weighted by atomic mass is 15.2. The lowest BCUT2D eigenvalue weighted by molar-refractivity contribution is 0.567. The van der Waals surface area contributed by atoms with Crippen LogP contribution in [-0.4, -0.2) is 4.57 Å². The first kappa shape index (κ1) is 38.7. The van der Waals surface area contributed by atoms with Crippen LogP contribution in [0.3, 0.4) is 0 Å². The van der Waals surface area contributed by atoms with E-state index in [4.69, 9.17) is 0 Å². The minimum absolute atomic E-state index is 0.167. The van der Waals surface area contributed by atoms with E-state index < -0.39 is 5.54 Å². The molecule has 0 aliphatic heterocycles. The van der Waals surface area contributed by atoms with Crippen LogP contribution in [0.2, 0.25) is 0 Å². The second kappa shape index (κ2) is 15.4. The van der Waals surface area contributed by atoms with Gasteiger partial charge in [0.1, 0.15) is 5.54 Å². The summed E-state index contributed by atoms with van der Waals surface area (Å²) in [7, 11) is 0. The van der Waals surface area contributed by atoms with Crippen LogP contribution in [0, 0.1) is 0 Å². The number of hydrogen-bond acceptors (Lipinski definition) is 1. The molecule has 9 aromatic carbocycles. The summed E-state index contributed by atoms with van der Waals surface area (Å²) < 4.78 is 2.38. The third kappa shape index (κ3) is 6.16. The molecule has 0 saturated heterocycles. The Morgan fingerprint density at radius 1 is 0.415 bits per heavy atom. The van der Waals surface area contributed by atoms with Crippen LogP contribution < -0.4 is 4.90 Å². The molecule has 2 aliphatic carbocycles. The van der Waals surface area contributed by atoms with Crippen LogP contribution in [0.15, 0.2) is 243 Å². The Morgan fingerprint density at radius 3 is 1.77 bits per heavy atom. The van der Waals surface area contributed by atoms with E-state index in [1.807, 2.05) is 0 Å². The lowest BCUT2D eigenvalue weighted by Crippen LogP contribution is -2.45. The maximum atomic E-state index is 2.66. The molecule has 0 bridgehead atoms. The Morgan fingerprint density at radius 2 is 1.00 bits per heavy atom. The van der Waals surface area contributed by atoms with Gasteiger partial charge in [0.15, 0.2) is 0 Å². The number of benzene rings is 9. The lowest BCUT2D eigenvalue weighted by atomic mass is 9.70. The molecule has 310 valence electrons. The molecule has 0 spiro atoms. The van der Waals surface area contributed by atoms with Gasteiger partial charge in [-0.15, -0.1) is 0 Å². The van der Waals surface area contributed by atoms with Crippen molar-refractivity contribution in [3.05, 3.63) is 265 Å². The zero-order valence-corrected chi connectivity index (χ0v) is 36.7. The summed E-state index contributed by atoms with van der Waals surface area (Å²) >= 11 is 0. The molecule has 0 saturated carbocycles. The molecule has 0 N–H and O–H groups in total. The molecule has 2 heteroatoms. The van der Waals surface area contributed by atoms with Gasteiger partial charge in [0.05, 0.1) is 11.0 Å². The molecule has 1 unspecified atom stereocenters. The molecule has 65 heavy (non-hydrogen) atoms. The topological polar surface area (TPSA) is 8.17 Å². The minimum Gasteiger partial charge on any atom is -0.327 e. The SMILES string of the molecule is CC1(C)c2ccccc2-c2ccc(N(c3ccc(-c4ccc5c(c4)c4ccccc4n5-c4ccccc4)cc3)C3(c4ccccc4-c4ccccc4)CC=CC=C3c3ccccc3)cc21. The second-order valence-corrected chi connectivity index (χ2v) is 18.1. The van der Waals surface area contributed by atoms with Crippen LogP contribution in [-0.2, 0) is 11.0 Å². The summed E-state index contributed by atoms with van der Waals surface area (Å²) in [6, 6.07) is 83.0. The Kier molecular flexibility index (Phi) is 9.17. The number of fused-ring (bicyclic) bond motifs is 6. The zero-order chi connectivity index (χ0) is 43.5. The number of hydrogen-bond donors (Lipinski definition) is 0. The summed E-state index contributed by atoms with van der Waals surface area (Å²) in [6.45, 7) is 4.77. The molecule has 1 heterocycles.